The monoisotopic (exact) mass is 329 g/mol. The zero-order valence-electron chi connectivity index (χ0n) is 13.2. The number of nitrogens with zero attached hydrogens (tertiary/aromatic N) is 2. The molecule has 0 saturated carbocycles. The molecule has 0 atom stereocenters. The van der Waals surface area contributed by atoms with E-state index in [0.29, 0.717) is 31.7 Å². The lowest BCUT2D eigenvalue weighted by molar-refractivity contribution is -0.123. The van der Waals surface area contributed by atoms with E-state index >= 15 is 0 Å². The first-order valence-corrected chi connectivity index (χ1v) is 7.87. The van der Waals surface area contributed by atoms with E-state index in [1.807, 2.05) is 0 Å². The van der Waals surface area contributed by atoms with E-state index in [4.69, 9.17) is 10.2 Å². The number of hydrogen-bond donors (Lipinski definition) is 1. The van der Waals surface area contributed by atoms with E-state index in [1.54, 1.807) is 35.4 Å². The van der Waals surface area contributed by atoms with Crippen molar-refractivity contribution in [2.24, 2.45) is 11.7 Å². The van der Waals surface area contributed by atoms with Gasteiger partial charge in [-0.05, 0) is 31.0 Å². The SMILES string of the molecule is NC(=O)C1CCN(C(=O)c2ccc(Cn3ccccc3=O)o2)CC1. The summed E-state index contributed by atoms with van der Waals surface area (Å²) in [4.78, 5) is 37.0. The quantitative estimate of drug-likeness (QED) is 0.898. The highest BCUT2D eigenvalue weighted by Crippen LogP contribution is 2.19. The Kier molecular flexibility index (Phi) is 4.50. The van der Waals surface area contributed by atoms with Gasteiger partial charge in [-0.25, -0.2) is 0 Å². The van der Waals surface area contributed by atoms with Crippen LogP contribution in [0.4, 0.5) is 0 Å². The fourth-order valence-electron chi connectivity index (χ4n) is 2.86. The van der Waals surface area contributed by atoms with Crippen molar-refractivity contribution in [3.8, 4) is 0 Å². The van der Waals surface area contributed by atoms with Gasteiger partial charge in [-0.2, -0.15) is 0 Å². The third-order valence-corrected chi connectivity index (χ3v) is 4.28. The van der Waals surface area contributed by atoms with Crippen molar-refractivity contribution in [3.63, 3.8) is 0 Å². The highest BCUT2D eigenvalue weighted by atomic mass is 16.4. The van der Waals surface area contributed by atoms with Gasteiger partial charge in [0.2, 0.25) is 5.91 Å². The number of rotatable bonds is 4. The molecule has 1 aliphatic heterocycles. The number of likely N-dealkylation sites (tertiary alicyclic amines) is 1. The van der Waals surface area contributed by atoms with Crippen LogP contribution in [0.15, 0.2) is 45.7 Å². The largest absolute Gasteiger partial charge is 0.454 e. The van der Waals surface area contributed by atoms with Gasteiger partial charge in [0.1, 0.15) is 5.76 Å². The summed E-state index contributed by atoms with van der Waals surface area (Å²) in [6.07, 6.45) is 2.82. The topological polar surface area (TPSA) is 98.5 Å². The number of primary amides is 1. The summed E-state index contributed by atoms with van der Waals surface area (Å²) >= 11 is 0. The predicted molar refractivity (Wildman–Crippen MR) is 86.3 cm³/mol. The Morgan fingerprint density at radius 3 is 2.58 bits per heavy atom. The Balaban J connectivity index is 1.65. The summed E-state index contributed by atoms with van der Waals surface area (Å²) in [7, 11) is 0. The van der Waals surface area contributed by atoms with Crippen LogP contribution in [0.1, 0.15) is 29.2 Å². The van der Waals surface area contributed by atoms with Gasteiger partial charge in [-0.1, -0.05) is 6.07 Å². The predicted octanol–water partition coefficient (Wildman–Crippen LogP) is 0.827. The third kappa shape index (κ3) is 3.40. The van der Waals surface area contributed by atoms with Crippen LogP contribution in [0.2, 0.25) is 0 Å². The van der Waals surface area contributed by atoms with Gasteiger partial charge < -0.3 is 19.6 Å². The Hall–Kier alpha value is -2.83. The van der Waals surface area contributed by atoms with Crippen LogP contribution >= 0.6 is 0 Å². The maximum Gasteiger partial charge on any atom is 0.289 e. The van der Waals surface area contributed by atoms with E-state index in [0.717, 1.165) is 0 Å². The molecule has 0 bridgehead atoms. The van der Waals surface area contributed by atoms with Crippen molar-refractivity contribution in [2.45, 2.75) is 19.4 Å². The number of furan rings is 1. The molecule has 0 aliphatic carbocycles. The van der Waals surface area contributed by atoms with Gasteiger partial charge in [0.15, 0.2) is 5.76 Å². The van der Waals surface area contributed by atoms with Crippen molar-refractivity contribution < 1.29 is 14.0 Å². The van der Waals surface area contributed by atoms with E-state index in [-0.39, 0.29) is 35.6 Å². The summed E-state index contributed by atoms with van der Waals surface area (Å²) in [6, 6.07) is 8.22. The third-order valence-electron chi connectivity index (χ3n) is 4.28. The second-order valence-electron chi connectivity index (χ2n) is 5.90. The normalized spacial score (nSPS) is 15.4. The summed E-state index contributed by atoms with van der Waals surface area (Å²) in [5.74, 6) is 0.108. The molecule has 3 heterocycles. The highest BCUT2D eigenvalue weighted by Gasteiger charge is 2.27. The Morgan fingerprint density at radius 2 is 1.92 bits per heavy atom. The molecule has 1 fully saturated rings. The van der Waals surface area contributed by atoms with Crippen LogP contribution in [0.5, 0.6) is 0 Å². The van der Waals surface area contributed by atoms with Crippen molar-refractivity contribution in [2.75, 3.05) is 13.1 Å². The molecule has 0 radical (unpaired) electrons. The molecule has 0 unspecified atom stereocenters. The Bertz CT molecular complexity index is 800. The molecule has 2 amide bonds. The number of carbonyl (C=O) groups excluding carboxylic acids is 2. The van der Waals surface area contributed by atoms with Crippen molar-refractivity contribution in [1.29, 1.82) is 0 Å². The van der Waals surface area contributed by atoms with E-state index in [1.165, 1.54) is 10.6 Å². The molecule has 2 aromatic heterocycles. The van der Waals surface area contributed by atoms with E-state index in [9.17, 15) is 14.4 Å². The molecule has 2 aromatic rings. The second kappa shape index (κ2) is 6.74. The first-order valence-electron chi connectivity index (χ1n) is 7.87. The zero-order chi connectivity index (χ0) is 17.1. The number of nitrogens with two attached hydrogens (primary N) is 1. The molecule has 0 aromatic carbocycles. The maximum absolute atomic E-state index is 12.5. The van der Waals surface area contributed by atoms with Crippen molar-refractivity contribution in [1.82, 2.24) is 9.47 Å². The molecular weight excluding hydrogens is 310 g/mol. The number of hydrogen-bond acceptors (Lipinski definition) is 4. The Morgan fingerprint density at radius 1 is 1.17 bits per heavy atom. The first kappa shape index (κ1) is 16.0. The fourth-order valence-corrected chi connectivity index (χ4v) is 2.86. The number of aromatic nitrogens is 1. The van der Waals surface area contributed by atoms with Crippen LogP contribution in [-0.4, -0.2) is 34.4 Å². The van der Waals surface area contributed by atoms with Gasteiger partial charge in [0.05, 0.1) is 6.54 Å². The summed E-state index contributed by atoms with van der Waals surface area (Å²) in [6.45, 7) is 1.25. The average molecular weight is 329 g/mol. The molecule has 1 aliphatic rings. The lowest BCUT2D eigenvalue weighted by atomic mass is 9.96. The lowest BCUT2D eigenvalue weighted by Crippen LogP contribution is -2.41. The molecule has 7 heteroatoms. The Labute approximate surface area is 138 Å². The molecule has 24 heavy (non-hydrogen) atoms. The second-order valence-corrected chi connectivity index (χ2v) is 5.90. The van der Waals surface area contributed by atoms with Crippen molar-refractivity contribution >= 4 is 11.8 Å². The highest BCUT2D eigenvalue weighted by molar-refractivity contribution is 5.91. The minimum Gasteiger partial charge on any atom is -0.454 e. The number of pyridine rings is 1. The number of carbonyl (C=O) groups is 2. The van der Waals surface area contributed by atoms with Gasteiger partial charge in [0, 0.05) is 31.3 Å². The summed E-state index contributed by atoms with van der Waals surface area (Å²) in [5, 5.41) is 0. The number of amides is 2. The maximum atomic E-state index is 12.5. The van der Waals surface area contributed by atoms with Gasteiger partial charge in [-0.15, -0.1) is 0 Å². The van der Waals surface area contributed by atoms with Gasteiger partial charge in [-0.3, -0.25) is 14.4 Å². The van der Waals surface area contributed by atoms with Crippen LogP contribution in [0, 0.1) is 5.92 Å². The average Bonchev–Trinajstić information content (AvgIpc) is 3.05. The van der Waals surface area contributed by atoms with Crippen molar-refractivity contribution in [3.05, 3.63) is 58.4 Å². The molecule has 7 nitrogen and oxygen atoms in total. The first-order chi connectivity index (χ1) is 11.5. The minimum absolute atomic E-state index is 0.129. The molecular formula is C17H19N3O4. The van der Waals surface area contributed by atoms with E-state index < -0.39 is 0 Å². The van der Waals surface area contributed by atoms with Gasteiger partial charge >= 0.3 is 0 Å². The van der Waals surface area contributed by atoms with Crippen LogP contribution in [0.3, 0.4) is 0 Å². The van der Waals surface area contributed by atoms with E-state index in [2.05, 4.69) is 0 Å². The molecule has 1 saturated heterocycles. The summed E-state index contributed by atoms with van der Waals surface area (Å²) < 4.78 is 7.09. The lowest BCUT2D eigenvalue weighted by Gasteiger charge is -2.29. The van der Waals surface area contributed by atoms with Gasteiger partial charge in [0.25, 0.3) is 11.5 Å². The van der Waals surface area contributed by atoms with Crippen LogP contribution in [-0.2, 0) is 11.3 Å². The van der Waals surface area contributed by atoms with Crippen LogP contribution in [0.25, 0.3) is 0 Å². The zero-order valence-corrected chi connectivity index (χ0v) is 13.2. The number of piperidine rings is 1. The van der Waals surface area contributed by atoms with Crippen LogP contribution < -0.4 is 11.3 Å². The molecule has 3 rings (SSSR count). The standard InChI is InChI=1S/C17H19N3O4/c18-16(22)12-6-9-19(10-7-12)17(23)14-5-4-13(24-14)11-20-8-2-1-3-15(20)21/h1-5,8,12H,6-7,9-11H2,(H2,18,22). The molecule has 2 N–H and O–H groups in total. The molecule has 0 spiro atoms. The fraction of sp³-hybridized carbons (Fsp3) is 0.353. The minimum atomic E-state index is -0.310. The summed E-state index contributed by atoms with van der Waals surface area (Å²) in [5.41, 5.74) is 5.17. The molecule has 126 valence electrons. The smallest absolute Gasteiger partial charge is 0.289 e.